The van der Waals surface area contributed by atoms with Gasteiger partial charge < -0.3 is 14.4 Å². The molecule has 0 bridgehead atoms. The Bertz CT molecular complexity index is 1610. The van der Waals surface area contributed by atoms with Crippen molar-refractivity contribution in [3.63, 3.8) is 0 Å². The second kappa shape index (κ2) is 12.8. The Morgan fingerprint density at radius 2 is 1.70 bits per heavy atom. The average Bonchev–Trinajstić information content (AvgIpc) is 3.36. The Balaban J connectivity index is 1.10. The zero-order chi connectivity index (χ0) is 30.8. The first-order valence-corrected chi connectivity index (χ1v) is 16.4. The molecule has 0 N–H and O–H groups in total. The van der Waals surface area contributed by atoms with Gasteiger partial charge in [0.1, 0.15) is 11.4 Å². The molecule has 7 heteroatoms. The Hall–Kier alpha value is -3.55. The predicted octanol–water partition coefficient (Wildman–Crippen LogP) is 6.98. The second-order valence-corrected chi connectivity index (χ2v) is 13.4. The third-order valence-electron chi connectivity index (χ3n) is 9.33. The maximum Gasteiger partial charge on any atom is 0.419 e. The molecule has 1 fully saturated rings. The van der Waals surface area contributed by atoms with Crippen molar-refractivity contribution in [1.82, 2.24) is 14.4 Å². The number of hydrogen-bond acceptors (Lipinski definition) is 6. The Labute approximate surface area is 262 Å². The number of carbonyl (C=O) groups excluding carboxylic acids is 1. The normalized spacial score (nSPS) is 17.8. The summed E-state index contributed by atoms with van der Waals surface area (Å²) in [4.78, 5) is 21.1. The summed E-state index contributed by atoms with van der Waals surface area (Å²) in [5, 5.41) is 2.17. The van der Waals surface area contributed by atoms with Crippen LogP contribution >= 0.6 is 0 Å². The first-order valence-electron chi connectivity index (χ1n) is 16.4. The van der Waals surface area contributed by atoms with Gasteiger partial charge in [-0.05, 0) is 94.5 Å². The molecule has 0 radical (unpaired) electrons. The van der Waals surface area contributed by atoms with E-state index in [1.807, 2.05) is 39.0 Å². The molecule has 7 nitrogen and oxygen atoms in total. The lowest BCUT2D eigenvalue weighted by Crippen LogP contribution is -2.50. The molecule has 1 aliphatic heterocycles. The van der Waals surface area contributed by atoms with E-state index in [4.69, 9.17) is 9.47 Å². The van der Waals surface area contributed by atoms with Crippen molar-refractivity contribution in [3.8, 4) is 5.75 Å². The summed E-state index contributed by atoms with van der Waals surface area (Å²) in [6.07, 6.45) is 4.27. The van der Waals surface area contributed by atoms with Crippen LogP contribution in [0.4, 0.5) is 10.5 Å². The van der Waals surface area contributed by atoms with E-state index in [0.29, 0.717) is 6.04 Å². The van der Waals surface area contributed by atoms with E-state index in [2.05, 4.69) is 64.1 Å². The molecular weight excluding hydrogens is 548 g/mol. The fourth-order valence-corrected chi connectivity index (χ4v) is 7.18. The molecule has 0 unspecified atom stereocenters. The monoisotopic (exact) mass is 596 g/mol. The van der Waals surface area contributed by atoms with Crippen molar-refractivity contribution in [2.24, 2.45) is 0 Å². The van der Waals surface area contributed by atoms with Gasteiger partial charge in [-0.25, -0.2) is 9.36 Å². The number of anilines is 1. The Morgan fingerprint density at radius 3 is 2.45 bits per heavy atom. The average molecular weight is 597 g/mol. The van der Waals surface area contributed by atoms with Crippen LogP contribution in [0.3, 0.4) is 0 Å². The quantitative estimate of drug-likeness (QED) is 0.219. The Morgan fingerprint density at radius 1 is 0.932 bits per heavy atom. The van der Waals surface area contributed by atoms with Crippen LogP contribution < -0.4 is 9.64 Å². The summed E-state index contributed by atoms with van der Waals surface area (Å²) in [6, 6.07) is 21.8. The third kappa shape index (κ3) is 6.31. The minimum Gasteiger partial charge on any atom is -0.496 e. The van der Waals surface area contributed by atoms with Crippen molar-refractivity contribution in [3.05, 3.63) is 71.8 Å². The lowest BCUT2D eigenvalue weighted by atomic mass is 9.86. The number of ether oxygens (including phenoxy) is 2. The highest BCUT2D eigenvalue weighted by molar-refractivity contribution is 6.13. The van der Waals surface area contributed by atoms with Crippen molar-refractivity contribution in [2.45, 2.75) is 65.0 Å². The number of rotatable bonds is 8. The fraction of sp³-hybridized carbons (Fsp3) is 0.486. The van der Waals surface area contributed by atoms with Crippen LogP contribution in [0.2, 0.25) is 0 Å². The van der Waals surface area contributed by atoms with Crippen LogP contribution in [0.5, 0.6) is 5.75 Å². The first kappa shape index (κ1) is 30.5. The van der Waals surface area contributed by atoms with Gasteiger partial charge in [0.15, 0.2) is 0 Å². The molecule has 234 valence electrons. The van der Waals surface area contributed by atoms with E-state index in [1.165, 1.54) is 29.7 Å². The number of piperazine rings is 1. The minimum absolute atomic E-state index is 0.334. The standard InChI is InChI=1S/C37H48N4O3/c1-6-18-39(28-14-16-30-27(25-28)10-9-13-35(30)43-5)22-19-38-20-23-40(24-21-38)29-15-17-34-32(26-29)31-11-7-8-12-33(31)41(34)36(42)44-37(2,3)4/h7-13,15,17,26,28H,6,14,16,18-25H2,1-5H3/t28-/m0/s1. The topological polar surface area (TPSA) is 50.2 Å². The number of nitrogens with zero attached hydrogens (tertiary/aromatic N) is 4. The van der Waals surface area contributed by atoms with Gasteiger partial charge in [-0.2, -0.15) is 0 Å². The summed E-state index contributed by atoms with van der Waals surface area (Å²) in [7, 11) is 1.79. The minimum atomic E-state index is -0.558. The van der Waals surface area contributed by atoms with E-state index in [0.717, 1.165) is 86.2 Å². The van der Waals surface area contributed by atoms with E-state index in [-0.39, 0.29) is 6.09 Å². The zero-order valence-corrected chi connectivity index (χ0v) is 27.1. The molecule has 6 rings (SSSR count). The number of hydrogen-bond donors (Lipinski definition) is 0. The molecule has 0 saturated carbocycles. The van der Waals surface area contributed by atoms with Gasteiger partial charge in [0.25, 0.3) is 0 Å². The SMILES string of the molecule is CCCN(CCN1CCN(c2ccc3c(c2)c2ccccc2n3C(=O)OC(C)(C)C)CC1)[C@H]1CCc2c(cccc2OC)C1. The number of methoxy groups -OCH3 is 1. The van der Waals surface area contributed by atoms with Crippen molar-refractivity contribution < 1.29 is 14.3 Å². The van der Waals surface area contributed by atoms with Gasteiger partial charge >= 0.3 is 6.09 Å². The molecule has 1 atom stereocenters. The van der Waals surface area contributed by atoms with Gasteiger partial charge in [0.05, 0.1) is 18.1 Å². The van der Waals surface area contributed by atoms with E-state index in [1.54, 1.807) is 11.7 Å². The lowest BCUT2D eigenvalue weighted by Gasteiger charge is -2.39. The number of aromatic nitrogens is 1. The van der Waals surface area contributed by atoms with Crippen molar-refractivity contribution in [2.75, 3.05) is 57.8 Å². The number of para-hydroxylation sites is 1. The largest absolute Gasteiger partial charge is 0.496 e. The van der Waals surface area contributed by atoms with Crippen LogP contribution in [-0.4, -0.2) is 85.0 Å². The van der Waals surface area contributed by atoms with Crippen LogP contribution in [-0.2, 0) is 17.6 Å². The molecule has 3 aromatic carbocycles. The highest BCUT2D eigenvalue weighted by atomic mass is 16.6. The number of carbonyl (C=O) groups is 1. The van der Waals surface area contributed by atoms with Crippen LogP contribution in [0, 0.1) is 0 Å². The van der Waals surface area contributed by atoms with Gasteiger partial charge in [-0.1, -0.05) is 37.3 Å². The number of fused-ring (bicyclic) bond motifs is 4. The van der Waals surface area contributed by atoms with Crippen molar-refractivity contribution in [1.29, 1.82) is 0 Å². The van der Waals surface area contributed by atoms with Gasteiger partial charge in [0, 0.05) is 61.8 Å². The molecule has 1 saturated heterocycles. The lowest BCUT2D eigenvalue weighted by molar-refractivity contribution is 0.0551. The van der Waals surface area contributed by atoms with E-state index < -0.39 is 5.60 Å². The highest BCUT2D eigenvalue weighted by Gasteiger charge is 2.27. The molecule has 0 amide bonds. The van der Waals surface area contributed by atoms with E-state index in [9.17, 15) is 4.79 Å². The molecule has 1 aromatic heterocycles. The Kier molecular flexibility index (Phi) is 8.88. The number of benzene rings is 3. The second-order valence-electron chi connectivity index (χ2n) is 13.4. The van der Waals surface area contributed by atoms with E-state index >= 15 is 0 Å². The third-order valence-corrected chi connectivity index (χ3v) is 9.33. The summed E-state index contributed by atoms with van der Waals surface area (Å²) in [5.41, 5.74) is 5.30. The predicted molar refractivity (Wildman–Crippen MR) is 180 cm³/mol. The summed E-state index contributed by atoms with van der Waals surface area (Å²) in [6.45, 7) is 15.5. The molecule has 1 aliphatic carbocycles. The molecule has 2 heterocycles. The maximum absolute atomic E-state index is 13.2. The highest BCUT2D eigenvalue weighted by Crippen LogP contribution is 2.34. The molecular formula is C37H48N4O3. The summed E-state index contributed by atoms with van der Waals surface area (Å²) < 4.78 is 13.1. The summed E-state index contributed by atoms with van der Waals surface area (Å²) >= 11 is 0. The van der Waals surface area contributed by atoms with Gasteiger partial charge in [-0.15, -0.1) is 0 Å². The smallest absolute Gasteiger partial charge is 0.419 e. The van der Waals surface area contributed by atoms with Crippen LogP contribution in [0.1, 0.15) is 51.7 Å². The molecule has 4 aromatic rings. The molecule has 2 aliphatic rings. The van der Waals surface area contributed by atoms with Crippen molar-refractivity contribution >= 4 is 33.6 Å². The van der Waals surface area contributed by atoms with Crippen LogP contribution in [0.25, 0.3) is 21.8 Å². The fourth-order valence-electron chi connectivity index (χ4n) is 7.18. The van der Waals surface area contributed by atoms with Gasteiger partial charge in [-0.3, -0.25) is 9.80 Å². The molecule has 44 heavy (non-hydrogen) atoms. The summed E-state index contributed by atoms with van der Waals surface area (Å²) in [5.74, 6) is 1.05. The maximum atomic E-state index is 13.2. The van der Waals surface area contributed by atoms with Gasteiger partial charge in [0.2, 0.25) is 0 Å². The zero-order valence-electron chi connectivity index (χ0n) is 27.1. The van der Waals surface area contributed by atoms with Crippen LogP contribution in [0.15, 0.2) is 60.7 Å². The molecule has 0 spiro atoms. The first-order chi connectivity index (χ1) is 21.3.